The van der Waals surface area contributed by atoms with Crippen LogP contribution in [0.2, 0.25) is 0 Å². The number of nitrogens with zero attached hydrogens (tertiary/aromatic N) is 2. The van der Waals surface area contributed by atoms with Crippen molar-refractivity contribution in [3.8, 4) is 6.07 Å². The number of piperidine rings is 2. The maximum absolute atomic E-state index is 9.05. The number of anilines is 1. The van der Waals surface area contributed by atoms with E-state index in [0.29, 0.717) is 11.6 Å². The highest BCUT2D eigenvalue weighted by Gasteiger charge is 2.35. The van der Waals surface area contributed by atoms with Crippen LogP contribution in [0.3, 0.4) is 0 Å². The van der Waals surface area contributed by atoms with Crippen LogP contribution < -0.4 is 5.32 Å². The van der Waals surface area contributed by atoms with E-state index in [9.17, 15) is 0 Å². The molecule has 0 radical (unpaired) electrons. The monoisotopic (exact) mass is 333 g/mol. The molecule has 0 spiro atoms. The highest BCUT2D eigenvalue weighted by atomic mass is 79.9. The third-order valence-electron chi connectivity index (χ3n) is 4.74. The van der Waals surface area contributed by atoms with Gasteiger partial charge in [0.15, 0.2) is 0 Å². The summed E-state index contributed by atoms with van der Waals surface area (Å²) in [6.45, 7) is 0. The number of nitrogens with one attached hydrogen (secondary N) is 1. The molecule has 4 heteroatoms. The second-order valence-electron chi connectivity index (χ2n) is 6.06. The van der Waals surface area contributed by atoms with Gasteiger partial charge in [-0.05, 0) is 50.9 Å². The second-order valence-corrected chi connectivity index (χ2v) is 6.97. The molecule has 0 aliphatic carbocycles. The van der Waals surface area contributed by atoms with Gasteiger partial charge in [-0.3, -0.25) is 0 Å². The Morgan fingerprint density at radius 2 is 1.95 bits per heavy atom. The average Bonchev–Trinajstić information content (AvgIpc) is 2.39. The lowest BCUT2D eigenvalue weighted by atomic mass is 9.82. The van der Waals surface area contributed by atoms with Crippen LogP contribution in [-0.2, 0) is 0 Å². The van der Waals surface area contributed by atoms with Gasteiger partial charge in [-0.25, -0.2) is 0 Å². The van der Waals surface area contributed by atoms with Crippen molar-refractivity contribution in [3.05, 3.63) is 28.2 Å². The van der Waals surface area contributed by atoms with Crippen molar-refractivity contribution in [2.45, 2.75) is 50.2 Å². The Balaban J connectivity index is 1.72. The number of nitriles is 1. The van der Waals surface area contributed by atoms with E-state index >= 15 is 0 Å². The molecule has 1 N–H and O–H groups in total. The van der Waals surface area contributed by atoms with Crippen molar-refractivity contribution >= 4 is 21.6 Å². The summed E-state index contributed by atoms with van der Waals surface area (Å²) in [4.78, 5) is 2.57. The Hall–Kier alpha value is -1.05. The van der Waals surface area contributed by atoms with E-state index in [2.05, 4.69) is 45.3 Å². The molecule has 0 amide bonds. The van der Waals surface area contributed by atoms with Crippen molar-refractivity contribution < 1.29 is 0 Å². The first-order chi connectivity index (χ1) is 9.65. The smallest absolute Gasteiger partial charge is 0.0992 e. The summed E-state index contributed by atoms with van der Waals surface area (Å²) in [5.74, 6) is 0. The van der Waals surface area contributed by atoms with Gasteiger partial charge in [0.1, 0.15) is 0 Å². The zero-order chi connectivity index (χ0) is 14.1. The Morgan fingerprint density at radius 1 is 1.25 bits per heavy atom. The lowest BCUT2D eigenvalue weighted by molar-refractivity contribution is 0.0608. The molecule has 2 aliphatic heterocycles. The molecular weight excluding hydrogens is 314 g/mol. The molecule has 2 heterocycles. The van der Waals surface area contributed by atoms with Gasteiger partial charge in [0.05, 0.1) is 11.6 Å². The summed E-state index contributed by atoms with van der Waals surface area (Å²) in [7, 11) is 2.28. The van der Waals surface area contributed by atoms with Crippen LogP contribution in [0.25, 0.3) is 0 Å². The summed E-state index contributed by atoms with van der Waals surface area (Å²) in [5, 5.41) is 12.7. The lowest BCUT2D eigenvalue weighted by Crippen LogP contribution is -2.52. The fraction of sp³-hybridized carbons (Fsp3) is 0.562. The van der Waals surface area contributed by atoms with E-state index in [1.165, 1.54) is 32.1 Å². The molecule has 1 aromatic rings. The van der Waals surface area contributed by atoms with E-state index in [1.54, 1.807) is 0 Å². The molecule has 106 valence electrons. The van der Waals surface area contributed by atoms with Gasteiger partial charge in [-0.2, -0.15) is 5.26 Å². The molecule has 0 saturated carbocycles. The van der Waals surface area contributed by atoms with Crippen LogP contribution in [0, 0.1) is 11.3 Å². The summed E-state index contributed by atoms with van der Waals surface area (Å²) in [6, 6.07) is 10.1. The van der Waals surface area contributed by atoms with Gasteiger partial charge in [0, 0.05) is 28.3 Å². The average molecular weight is 334 g/mol. The van der Waals surface area contributed by atoms with Gasteiger partial charge in [-0.15, -0.1) is 0 Å². The minimum absolute atomic E-state index is 0.530. The molecule has 0 aromatic heterocycles. The van der Waals surface area contributed by atoms with Crippen molar-refractivity contribution in [2.75, 3.05) is 12.4 Å². The molecule has 3 rings (SSSR count). The minimum atomic E-state index is 0.530. The zero-order valence-electron chi connectivity index (χ0n) is 11.8. The summed E-state index contributed by atoms with van der Waals surface area (Å²) >= 11 is 3.48. The number of halogens is 1. The number of hydrogen-bond donors (Lipinski definition) is 1. The number of fused-ring (bicyclic) bond motifs is 2. The van der Waals surface area contributed by atoms with Crippen molar-refractivity contribution in [2.24, 2.45) is 0 Å². The predicted octanol–water partition coefficient (Wildman–Crippen LogP) is 3.75. The third-order valence-corrected chi connectivity index (χ3v) is 5.20. The number of benzene rings is 1. The van der Waals surface area contributed by atoms with E-state index < -0.39 is 0 Å². The first-order valence-corrected chi connectivity index (χ1v) is 8.14. The van der Waals surface area contributed by atoms with Crippen LogP contribution in [0.5, 0.6) is 0 Å². The van der Waals surface area contributed by atoms with Crippen molar-refractivity contribution in [1.82, 2.24) is 4.90 Å². The largest absolute Gasteiger partial charge is 0.382 e. The molecule has 20 heavy (non-hydrogen) atoms. The normalized spacial score (nSPS) is 29.8. The summed E-state index contributed by atoms with van der Waals surface area (Å²) in [6.07, 6.45) is 6.45. The molecule has 1 aromatic carbocycles. The molecule has 2 saturated heterocycles. The van der Waals surface area contributed by atoms with Crippen LogP contribution in [-0.4, -0.2) is 30.1 Å². The number of hydrogen-bond acceptors (Lipinski definition) is 3. The van der Waals surface area contributed by atoms with Gasteiger partial charge < -0.3 is 10.2 Å². The maximum atomic E-state index is 9.05. The zero-order valence-corrected chi connectivity index (χ0v) is 13.4. The molecule has 2 unspecified atom stereocenters. The van der Waals surface area contributed by atoms with Crippen molar-refractivity contribution in [3.63, 3.8) is 0 Å². The van der Waals surface area contributed by atoms with Gasteiger partial charge in [-0.1, -0.05) is 22.4 Å². The first-order valence-electron chi connectivity index (χ1n) is 7.35. The SMILES string of the molecule is CN1C2CCCC1CC(Nc1cc(Br)cc(C#N)c1)C2. The fourth-order valence-corrected chi connectivity index (χ4v) is 4.20. The molecule has 2 bridgehead atoms. The Labute approximate surface area is 129 Å². The number of rotatable bonds is 2. The summed E-state index contributed by atoms with van der Waals surface area (Å²) < 4.78 is 0.965. The topological polar surface area (TPSA) is 39.1 Å². The molecule has 3 nitrogen and oxygen atoms in total. The minimum Gasteiger partial charge on any atom is -0.382 e. The van der Waals surface area contributed by atoms with Crippen LogP contribution >= 0.6 is 15.9 Å². The Kier molecular flexibility index (Phi) is 4.00. The standard InChI is InChI=1S/C16H20BrN3/c1-20-15-3-2-4-16(20)9-14(8-15)19-13-6-11(10-18)5-12(17)7-13/h5-7,14-16,19H,2-4,8-9H2,1H3. The molecule has 2 atom stereocenters. The van der Waals surface area contributed by atoms with Crippen LogP contribution in [0.4, 0.5) is 5.69 Å². The van der Waals surface area contributed by atoms with E-state index in [4.69, 9.17) is 5.26 Å². The quantitative estimate of drug-likeness (QED) is 0.895. The summed E-state index contributed by atoms with van der Waals surface area (Å²) in [5.41, 5.74) is 1.76. The fourth-order valence-electron chi connectivity index (χ4n) is 3.71. The third kappa shape index (κ3) is 2.84. The Bertz CT molecular complexity index is 523. The lowest BCUT2D eigenvalue weighted by Gasteiger charge is -2.47. The molecule has 2 aliphatic rings. The van der Waals surface area contributed by atoms with Crippen molar-refractivity contribution in [1.29, 1.82) is 5.26 Å². The molecule has 2 fully saturated rings. The predicted molar refractivity (Wildman–Crippen MR) is 84.7 cm³/mol. The van der Waals surface area contributed by atoms with Crippen LogP contribution in [0.1, 0.15) is 37.7 Å². The first kappa shape index (κ1) is 13.9. The van der Waals surface area contributed by atoms with Gasteiger partial charge in [0.25, 0.3) is 0 Å². The maximum Gasteiger partial charge on any atom is 0.0992 e. The van der Waals surface area contributed by atoms with E-state index in [-0.39, 0.29) is 0 Å². The highest BCUT2D eigenvalue weighted by molar-refractivity contribution is 9.10. The van der Waals surface area contributed by atoms with Gasteiger partial charge in [0.2, 0.25) is 0 Å². The van der Waals surface area contributed by atoms with E-state index in [0.717, 1.165) is 22.2 Å². The second kappa shape index (κ2) is 5.75. The highest BCUT2D eigenvalue weighted by Crippen LogP contribution is 2.34. The van der Waals surface area contributed by atoms with E-state index in [1.807, 2.05) is 12.1 Å². The Morgan fingerprint density at radius 3 is 2.60 bits per heavy atom. The molecular formula is C16H20BrN3. The van der Waals surface area contributed by atoms with Crippen LogP contribution in [0.15, 0.2) is 22.7 Å². The van der Waals surface area contributed by atoms with Gasteiger partial charge >= 0.3 is 0 Å².